The van der Waals surface area contributed by atoms with Gasteiger partial charge in [0.1, 0.15) is 5.52 Å². The molecule has 1 aliphatic rings. The minimum atomic E-state index is -0.229. The Hall–Kier alpha value is -4.34. The Morgan fingerprint density at radius 1 is 1.29 bits per heavy atom. The van der Waals surface area contributed by atoms with E-state index in [9.17, 15) is 5.11 Å². The van der Waals surface area contributed by atoms with E-state index < -0.39 is 0 Å². The van der Waals surface area contributed by atoms with E-state index in [4.69, 9.17) is 16.0 Å². The number of nitrogens with zero attached hydrogens (tertiary/aromatic N) is 8. The van der Waals surface area contributed by atoms with Crippen molar-refractivity contribution in [2.24, 2.45) is 7.05 Å². The monoisotopic (exact) mass is 473 g/mol. The molecule has 12 heteroatoms. The molecular formula is C23H23N9O3. The molecule has 0 radical (unpaired) electrons. The van der Waals surface area contributed by atoms with Gasteiger partial charge in [-0.05, 0) is 30.7 Å². The van der Waals surface area contributed by atoms with Crippen molar-refractivity contribution in [3.05, 3.63) is 53.8 Å². The predicted octanol–water partition coefficient (Wildman–Crippen LogP) is 2.75. The average Bonchev–Trinajstić information content (AvgIpc) is 3.26. The summed E-state index contributed by atoms with van der Waals surface area (Å²) in [5.41, 5.74) is 2.72. The van der Waals surface area contributed by atoms with E-state index in [1.54, 1.807) is 23.0 Å². The second-order valence-corrected chi connectivity index (χ2v) is 8.08. The normalized spacial score (nSPS) is 15.7. The fourth-order valence-corrected chi connectivity index (χ4v) is 3.77. The summed E-state index contributed by atoms with van der Waals surface area (Å²) < 4.78 is 13.3. The zero-order chi connectivity index (χ0) is 24.4. The summed E-state index contributed by atoms with van der Waals surface area (Å²) in [5.74, 6) is 2.40. The van der Waals surface area contributed by atoms with Gasteiger partial charge in [0.15, 0.2) is 29.2 Å². The van der Waals surface area contributed by atoms with Crippen molar-refractivity contribution in [3.63, 3.8) is 0 Å². The van der Waals surface area contributed by atoms with Gasteiger partial charge in [-0.1, -0.05) is 6.57 Å². The number of aryl methyl sites for hydroxylation is 2. The molecular weight excluding hydrogens is 450 g/mol. The van der Waals surface area contributed by atoms with Crippen LogP contribution < -0.4 is 15.0 Å². The molecule has 0 unspecified atom stereocenters. The first-order valence-electron chi connectivity index (χ1n) is 11.0. The fourth-order valence-electron chi connectivity index (χ4n) is 3.77. The van der Waals surface area contributed by atoms with Crippen molar-refractivity contribution in [1.82, 2.24) is 29.7 Å². The third kappa shape index (κ3) is 4.68. The smallest absolute Gasteiger partial charge is 0.269 e. The average molecular weight is 473 g/mol. The molecule has 5 heterocycles. The SMILES string of the molecule is [C-]#[N+]c1cc(C)c(Oc2cc(Nc3ccc(N4CCO[C@H](CO)C4)nn3)c3ncn(C)c3n2)cn1. The van der Waals surface area contributed by atoms with Crippen molar-refractivity contribution in [2.45, 2.75) is 13.0 Å². The molecule has 178 valence electrons. The molecule has 4 aromatic rings. The van der Waals surface area contributed by atoms with Crippen LogP contribution in [0.25, 0.3) is 16.0 Å². The van der Waals surface area contributed by atoms with Crippen molar-refractivity contribution >= 4 is 34.3 Å². The summed E-state index contributed by atoms with van der Waals surface area (Å²) in [5, 5.41) is 21.3. The highest BCUT2D eigenvalue weighted by molar-refractivity contribution is 5.88. The van der Waals surface area contributed by atoms with Crippen molar-refractivity contribution in [3.8, 4) is 11.6 Å². The molecule has 35 heavy (non-hydrogen) atoms. The number of nitrogens with one attached hydrogen (secondary N) is 1. The molecule has 1 atom stereocenters. The molecule has 12 nitrogen and oxygen atoms in total. The van der Waals surface area contributed by atoms with Gasteiger partial charge in [0.05, 0.1) is 31.3 Å². The molecule has 4 aromatic heterocycles. The first-order valence-corrected chi connectivity index (χ1v) is 11.0. The largest absolute Gasteiger partial charge is 0.435 e. The fraction of sp³-hybridized carbons (Fsp3) is 0.304. The highest BCUT2D eigenvalue weighted by Gasteiger charge is 2.21. The summed E-state index contributed by atoms with van der Waals surface area (Å²) >= 11 is 0. The highest BCUT2D eigenvalue weighted by atomic mass is 16.5. The lowest BCUT2D eigenvalue weighted by Gasteiger charge is -2.32. The first-order chi connectivity index (χ1) is 17.0. The van der Waals surface area contributed by atoms with Crippen LogP contribution in [0.15, 0.2) is 36.8 Å². The Bertz CT molecular complexity index is 1400. The number of anilines is 3. The topological polar surface area (TPSA) is 128 Å². The maximum atomic E-state index is 9.37. The number of rotatable bonds is 6. The lowest BCUT2D eigenvalue weighted by Crippen LogP contribution is -2.44. The van der Waals surface area contributed by atoms with Gasteiger partial charge in [0.2, 0.25) is 5.88 Å². The molecule has 1 aliphatic heterocycles. The number of hydrogen-bond acceptors (Lipinski definition) is 10. The molecule has 0 saturated carbocycles. The second kappa shape index (κ2) is 9.49. The maximum Gasteiger partial charge on any atom is 0.269 e. The molecule has 0 amide bonds. The first kappa shape index (κ1) is 22.5. The van der Waals surface area contributed by atoms with Gasteiger partial charge in [-0.15, -0.1) is 15.2 Å². The predicted molar refractivity (Wildman–Crippen MR) is 128 cm³/mol. The van der Waals surface area contributed by atoms with Crippen LogP contribution in [-0.2, 0) is 11.8 Å². The molecule has 0 aromatic carbocycles. The van der Waals surface area contributed by atoms with Gasteiger partial charge in [0.25, 0.3) is 5.82 Å². The van der Waals surface area contributed by atoms with E-state index in [0.717, 1.165) is 5.56 Å². The standard InChI is InChI=1S/C23H23N9O3/c1-14-8-19(24-2)25-10-17(14)35-21-9-16(22-23(28-21)31(3)13-26-22)27-18-4-5-20(30-29-18)32-6-7-34-15(11-32)12-33/h4-5,8-10,13,15,33H,6-7,11-12H2,1,3H3,(H,27,28,29)/t15-/m0/s1. The minimum absolute atomic E-state index is 0.0324. The Kier molecular flexibility index (Phi) is 6.09. The van der Waals surface area contributed by atoms with E-state index >= 15 is 0 Å². The summed E-state index contributed by atoms with van der Waals surface area (Å²) in [7, 11) is 1.85. The number of ether oxygens (including phenoxy) is 2. The molecule has 0 bridgehead atoms. The summed E-state index contributed by atoms with van der Waals surface area (Å²) in [6.45, 7) is 10.7. The number of morpholine rings is 1. The number of aromatic nitrogens is 6. The maximum absolute atomic E-state index is 9.37. The van der Waals surface area contributed by atoms with E-state index in [1.165, 1.54) is 6.20 Å². The molecule has 5 rings (SSSR count). The van der Waals surface area contributed by atoms with Crippen LogP contribution in [0.4, 0.5) is 23.1 Å². The minimum Gasteiger partial charge on any atom is -0.435 e. The Labute approximate surface area is 201 Å². The van der Waals surface area contributed by atoms with Crippen LogP contribution in [0.1, 0.15) is 5.56 Å². The van der Waals surface area contributed by atoms with Gasteiger partial charge in [0, 0.05) is 26.2 Å². The molecule has 1 saturated heterocycles. The van der Waals surface area contributed by atoms with Crippen LogP contribution >= 0.6 is 0 Å². The number of hydrogen-bond donors (Lipinski definition) is 2. The Morgan fingerprint density at radius 3 is 2.91 bits per heavy atom. The van der Waals surface area contributed by atoms with Gasteiger partial charge in [-0.2, -0.15) is 4.98 Å². The number of aliphatic hydroxyl groups is 1. The van der Waals surface area contributed by atoms with Gasteiger partial charge < -0.3 is 34.2 Å². The third-order valence-electron chi connectivity index (χ3n) is 5.60. The van der Waals surface area contributed by atoms with E-state index in [0.29, 0.717) is 65.6 Å². The van der Waals surface area contributed by atoms with E-state index in [-0.39, 0.29) is 12.7 Å². The van der Waals surface area contributed by atoms with Crippen molar-refractivity contribution in [1.29, 1.82) is 0 Å². The van der Waals surface area contributed by atoms with E-state index in [1.807, 2.05) is 31.0 Å². The summed E-state index contributed by atoms with van der Waals surface area (Å²) in [6.07, 6.45) is 2.96. The zero-order valence-electron chi connectivity index (χ0n) is 19.2. The van der Waals surface area contributed by atoms with Gasteiger partial charge in [-0.25, -0.2) is 4.98 Å². The number of pyridine rings is 2. The molecule has 0 aliphatic carbocycles. The number of aliphatic hydroxyl groups excluding tert-OH is 1. The van der Waals surface area contributed by atoms with Crippen LogP contribution in [0, 0.1) is 13.5 Å². The lowest BCUT2D eigenvalue weighted by molar-refractivity contribution is 0.00332. The number of imidazole rings is 1. The Balaban J connectivity index is 1.40. The van der Waals surface area contributed by atoms with Crippen LogP contribution in [0.5, 0.6) is 11.6 Å². The van der Waals surface area contributed by atoms with Gasteiger partial charge in [-0.3, -0.25) is 0 Å². The van der Waals surface area contributed by atoms with Crippen molar-refractivity contribution in [2.75, 3.05) is 36.5 Å². The summed E-state index contributed by atoms with van der Waals surface area (Å²) in [6, 6.07) is 7.11. The third-order valence-corrected chi connectivity index (χ3v) is 5.60. The zero-order valence-corrected chi connectivity index (χ0v) is 19.2. The highest BCUT2D eigenvalue weighted by Crippen LogP contribution is 2.31. The summed E-state index contributed by atoms with van der Waals surface area (Å²) in [4.78, 5) is 18.5. The van der Waals surface area contributed by atoms with Crippen LogP contribution in [0.2, 0.25) is 0 Å². The van der Waals surface area contributed by atoms with Crippen LogP contribution in [0.3, 0.4) is 0 Å². The van der Waals surface area contributed by atoms with Crippen molar-refractivity contribution < 1.29 is 14.6 Å². The second-order valence-electron chi connectivity index (χ2n) is 8.08. The Morgan fingerprint density at radius 2 is 2.17 bits per heavy atom. The van der Waals surface area contributed by atoms with Crippen LogP contribution in [-0.4, -0.2) is 67.2 Å². The molecule has 1 fully saturated rings. The lowest BCUT2D eigenvalue weighted by atomic mass is 10.2. The quantitative estimate of drug-likeness (QED) is 0.404. The molecule has 2 N–H and O–H groups in total. The molecule has 0 spiro atoms. The number of fused-ring (bicyclic) bond motifs is 1. The van der Waals surface area contributed by atoms with Gasteiger partial charge >= 0.3 is 0 Å². The van der Waals surface area contributed by atoms with E-state index in [2.05, 4.69) is 35.3 Å².